The first kappa shape index (κ1) is 22.7. The molecule has 2 atom stereocenters. The fourth-order valence-corrected chi connectivity index (χ4v) is 6.27. The molecule has 6 heteroatoms. The van der Waals surface area contributed by atoms with Crippen molar-refractivity contribution in [2.75, 3.05) is 5.32 Å². The number of esters is 1. The zero-order valence-electron chi connectivity index (χ0n) is 19.8. The highest BCUT2D eigenvalue weighted by molar-refractivity contribution is 7.16. The summed E-state index contributed by atoms with van der Waals surface area (Å²) in [6, 6.07) is 16.2. The van der Waals surface area contributed by atoms with Gasteiger partial charge >= 0.3 is 5.97 Å². The summed E-state index contributed by atoms with van der Waals surface area (Å²) in [6.45, 7) is 6.98. The second kappa shape index (κ2) is 8.91. The molecule has 1 aliphatic heterocycles. The monoisotopic (exact) mass is 474 g/mol. The molecular weight excluding hydrogens is 444 g/mol. The molecule has 5 rings (SSSR count). The number of fused-ring (bicyclic) bond motifs is 3. The molecule has 3 aromatic rings. The van der Waals surface area contributed by atoms with Gasteiger partial charge in [-0.25, -0.2) is 4.79 Å². The van der Waals surface area contributed by atoms with Crippen molar-refractivity contribution in [2.45, 2.75) is 52.6 Å². The van der Waals surface area contributed by atoms with Crippen LogP contribution in [-0.2, 0) is 12.8 Å². The molecule has 0 spiro atoms. The summed E-state index contributed by atoms with van der Waals surface area (Å²) in [5.41, 5.74) is 3.68. The summed E-state index contributed by atoms with van der Waals surface area (Å²) < 4.78 is 5.57. The van der Waals surface area contributed by atoms with Crippen LogP contribution in [0, 0.1) is 11.3 Å². The van der Waals surface area contributed by atoms with Crippen LogP contribution in [0.2, 0.25) is 0 Å². The van der Waals surface area contributed by atoms with Crippen LogP contribution in [0.25, 0.3) is 0 Å². The minimum atomic E-state index is -0.406. The first-order valence-electron chi connectivity index (χ1n) is 11.9. The van der Waals surface area contributed by atoms with Crippen LogP contribution < -0.4 is 15.4 Å². The summed E-state index contributed by atoms with van der Waals surface area (Å²) in [6.07, 6.45) is 3.91. The lowest BCUT2D eigenvalue weighted by atomic mass is 9.69. The number of carbonyl (C=O) groups excluding carboxylic acids is 2. The van der Waals surface area contributed by atoms with Crippen LogP contribution >= 0.6 is 11.3 Å². The minimum absolute atomic E-state index is 0.0314. The number of amides is 1. The molecule has 34 heavy (non-hydrogen) atoms. The number of ether oxygens (including phenoxy) is 1. The van der Waals surface area contributed by atoms with E-state index >= 15 is 0 Å². The second-order valence-corrected chi connectivity index (χ2v) is 11.0. The maximum atomic E-state index is 13.2. The van der Waals surface area contributed by atoms with Gasteiger partial charge in [0.1, 0.15) is 16.9 Å². The number of hydrogen-bond acceptors (Lipinski definition) is 5. The second-order valence-electron chi connectivity index (χ2n) is 9.87. The average molecular weight is 475 g/mol. The van der Waals surface area contributed by atoms with Gasteiger partial charge in [-0.05, 0) is 66.0 Å². The highest BCUT2D eigenvalue weighted by atomic mass is 32.1. The highest BCUT2D eigenvalue weighted by Gasteiger charge is 2.37. The van der Waals surface area contributed by atoms with Crippen molar-refractivity contribution in [3.8, 4) is 5.75 Å². The van der Waals surface area contributed by atoms with E-state index in [-0.39, 0.29) is 12.1 Å². The predicted molar refractivity (Wildman–Crippen MR) is 136 cm³/mol. The van der Waals surface area contributed by atoms with Crippen LogP contribution in [-0.4, -0.2) is 11.9 Å². The fraction of sp³-hybridized carbons (Fsp3) is 0.357. The first-order valence-corrected chi connectivity index (χ1v) is 12.8. The molecular formula is C28H30N2O3S. The van der Waals surface area contributed by atoms with Crippen LogP contribution in [0.3, 0.4) is 0 Å². The van der Waals surface area contributed by atoms with Crippen molar-refractivity contribution in [1.29, 1.82) is 0 Å². The molecule has 0 saturated heterocycles. The van der Waals surface area contributed by atoms with Crippen LogP contribution in [0.1, 0.15) is 76.5 Å². The van der Waals surface area contributed by atoms with Gasteiger partial charge in [0.25, 0.3) is 5.91 Å². The van der Waals surface area contributed by atoms with E-state index in [1.54, 1.807) is 47.7 Å². The lowest BCUT2D eigenvalue weighted by Gasteiger charge is -2.36. The molecule has 5 nitrogen and oxygen atoms in total. The maximum Gasteiger partial charge on any atom is 0.343 e. The molecule has 2 aliphatic rings. The Balaban J connectivity index is 1.35. The number of hydrogen-bond donors (Lipinski definition) is 2. The molecule has 0 unspecified atom stereocenters. The summed E-state index contributed by atoms with van der Waals surface area (Å²) in [7, 11) is 0. The minimum Gasteiger partial charge on any atom is -0.423 e. The van der Waals surface area contributed by atoms with Gasteiger partial charge in [0.15, 0.2) is 0 Å². The maximum absolute atomic E-state index is 13.2. The lowest BCUT2D eigenvalue weighted by Crippen LogP contribution is -2.38. The molecule has 2 N–H and O–H groups in total. The normalized spacial score (nSPS) is 19.4. The zero-order chi connectivity index (χ0) is 23.9. The van der Waals surface area contributed by atoms with Crippen molar-refractivity contribution < 1.29 is 14.3 Å². The van der Waals surface area contributed by atoms with E-state index in [0.717, 1.165) is 41.8 Å². The Bertz CT molecular complexity index is 1230. The third-order valence-corrected chi connectivity index (χ3v) is 8.66. The van der Waals surface area contributed by atoms with Gasteiger partial charge in [-0.15, -0.1) is 11.3 Å². The Morgan fingerprint density at radius 3 is 2.68 bits per heavy atom. The Morgan fingerprint density at radius 1 is 1.12 bits per heavy atom. The van der Waals surface area contributed by atoms with E-state index in [1.807, 2.05) is 18.2 Å². The molecule has 0 saturated carbocycles. The molecule has 1 amide bonds. The topological polar surface area (TPSA) is 67.4 Å². The number of benzene rings is 2. The number of anilines is 1. The van der Waals surface area contributed by atoms with Gasteiger partial charge in [-0.1, -0.05) is 57.5 Å². The zero-order valence-corrected chi connectivity index (χ0v) is 20.6. The third-order valence-electron chi connectivity index (χ3n) is 7.47. The highest BCUT2D eigenvalue weighted by Crippen LogP contribution is 2.47. The van der Waals surface area contributed by atoms with Gasteiger partial charge in [-0.3, -0.25) is 4.79 Å². The van der Waals surface area contributed by atoms with Crippen molar-refractivity contribution >= 4 is 28.2 Å². The third kappa shape index (κ3) is 4.23. The Hall–Kier alpha value is -3.12. The standard InChI is InChI=1S/C28H30N2O3S/c1-4-28(2,3)19-13-14-21-22(16-19)34-26-23(21)25(31)29-24(30-26)18-11-8-12-20(15-18)33-27(32)17-9-6-5-7-10-17/h5-12,15,19,24,30H,4,13-14,16H2,1-3H3,(H,29,31)/t19-,24-/m1/s1. The van der Waals surface area contributed by atoms with Crippen LogP contribution in [0.5, 0.6) is 5.75 Å². The van der Waals surface area contributed by atoms with Gasteiger partial charge in [0, 0.05) is 4.88 Å². The Kier molecular flexibility index (Phi) is 5.94. The van der Waals surface area contributed by atoms with E-state index in [9.17, 15) is 9.59 Å². The Morgan fingerprint density at radius 2 is 1.91 bits per heavy atom. The number of nitrogens with one attached hydrogen (secondary N) is 2. The predicted octanol–water partition coefficient (Wildman–Crippen LogP) is 6.36. The summed E-state index contributed by atoms with van der Waals surface area (Å²) in [5, 5.41) is 7.58. The van der Waals surface area contributed by atoms with E-state index in [0.29, 0.717) is 22.6 Å². The fourth-order valence-electron chi connectivity index (χ4n) is 4.92. The van der Waals surface area contributed by atoms with E-state index in [2.05, 4.69) is 31.4 Å². The van der Waals surface area contributed by atoms with Crippen LogP contribution in [0.4, 0.5) is 5.00 Å². The van der Waals surface area contributed by atoms with Crippen molar-refractivity contribution in [3.63, 3.8) is 0 Å². The number of rotatable bonds is 5. The molecule has 0 radical (unpaired) electrons. The largest absolute Gasteiger partial charge is 0.423 e. The number of thiophene rings is 1. The average Bonchev–Trinajstić information content (AvgIpc) is 3.23. The molecule has 0 bridgehead atoms. The quantitative estimate of drug-likeness (QED) is 0.333. The van der Waals surface area contributed by atoms with Gasteiger partial charge in [-0.2, -0.15) is 0 Å². The van der Waals surface area contributed by atoms with Crippen molar-refractivity contribution in [2.24, 2.45) is 11.3 Å². The van der Waals surface area contributed by atoms with Crippen molar-refractivity contribution in [1.82, 2.24) is 5.32 Å². The van der Waals surface area contributed by atoms with E-state index in [4.69, 9.17) is 4.74 Å². The lowest BCUT2D eigenvalue weighted by molar-refractivity contribution is 0.0734. The smallest absolute Gasteiger partial charge is 0.343 e. The molecule has 1 aromatic heterocycles. The summed E-state index contributed by atoms with van der Waals surface area (Å²) >= 11 is 1.73. The van der Waals surface area contributed by atoms with Crippen molar-refractivity contribution in [3.05, 3.63) is 81.7 Å². The molecule has 2 aromatic carbocycles. The SMILES string of the molecule is CCC(C)(C)[C@@H]1CCc2c(sc3c2C(=O)N[C@@H](c2cccc(OC(=O)c4ccccc4)c2)N3)C1. The van der Waals surface area contributed by atoms with Gasteiger partial charge in [0.05, 0.1) is 11.1 Å². The molecule has 0 fully saturated rings. The molecule has 2 heterocycles. The van der Waals surface area contributed by atoms with E-state index in [1.165, 1.54) is 10.4 Å². The summed E-state index contributed by atoms with van der Waals surface area (Å²) in [4.78, 5) is 26.9. The van der Waals surface area contributed by atoms with Gasteiger partial charge < -0.3 is 15.4 Å². The Labute approximate surface area is 204 Å². The number of carbonyl (C=O) groups is 2. The summed E-state index contributed by atoms with van der Waals surface area (Å²) in [5.74, 6) is 0.649. The molecule has 176 valence electrons. The van der Waals surface area contributed by atoms with Crippen LogP contribution in [0.15, 0.2) is 54.6 Å². The molecule has 1 aliphatic carbocycles. The van der Waals surface area contributed by atoms with Gasteiger partial charge in [0.2, 0.25) is 0 Å². The van der Waals surface area contributed by atoms with E-state index < -0.39 is 5.97 Å². The first-order chi connectivity index (χ1) is 16.4.